The van der Waals surface area contributed by atoms with Crippen LogP contribution in [0.15, 0.2) is 24.3 Å². The van der Waals surface area contributed by atoms with E-state index < -0.39 is 16.0 Å². The lowest BCUT2D eigenvalue weighted by molar-refractivity contribution is -0.140. The van der Waals surface area contributed by atoms with Crippen LogP contribution < -0.4 is 4.74 Å². The van der Waals surface area contributed by atoms with Gasteiger partial charge in [0.15, 0.2) is 0 Å². The Morgan fingerprint density at radius 3 is 2.17 bits per heavy atom. The van der Waals surface area contributed by atoms with Gasteiger partial charge in [0.1, 0.15) is 5.75 Å². The molecule has 23 heavy (non-hydrogen) atoms. The van der Waals surface area contributed by atoms with Gasteiger partial charge >= 0.3 is 11.9 Å². The number of carbonyl (C=O) groups excluding carboxylic acids is 2. The zero-order valence-electron chi connectivity index (χ0n) is 13.0. The van der Waals surface area contributed by atoms with Crippen molar-refractivity contribution in [2.45, 2.75) is 12.8 Å². The second kappa shape index (κ2) is 7.10. The minimum Gasteiger partial charge on any atom is -0.465 e. The van der Waals surface area contributed by atoms with E-state index in [-0.39, 0.29) is 11.9 Å². The first-order valence-corrected chi connectivity index (χ1v) is 9.01. The van der Waals surface area contributed by atoms with Gasteiger partial charge in [0.05, 0.1) is 24.8 Å². The third kappa shape index (κ3) is 4.52. The molecule has 0 saturated carbocycles. The van der Waals surface area contributed by atoms with Gasteiger partial charge in [0.25, 0.3) is 0 Å². The van der Waals surface area contributed by atoms with Gasteiger partial charge in [0.2, 0.25) is 10.0 Å². The van der Waals surface area contributed by atoms with Crippen LogP contribution in [0.1, 0.15) is 23.2 Å². The first-order valence-electron chi connectivity index (χ1n) is 7.16. The zero-order valence-corrected chi connectivity index (χ0v) is 13.8. The monoisotopic (exact) mass is 341 g/mol. The van der Waals surface area contributed by atoms with E-state index in [9.17, 15) is 18.0 Å². The second-order valence-corrected chi connectivity index (χ2v) is 7.36. The Balaban J connectivity index is 1.91. The number of piperidine rings is 1. The van der Waals surface area contributed by atoms with Crippen molar-refractivity contribution in [1.82, 2.24) is 4.31 Å². The molecule has 1 aromatic carbocycles. The number of nitrogens with zero attached hydrogens (tertiary/aromatic N) is 1. The van der Waals surface area contributed by atoms with Crippen molar-refractivity contribution in [3.8, 4) is 5.75 Å². The van der Waals surface area contributed by atoms with Gasteiger partial charge < -0.3 is 9.47 Å². The summed E-state index contributed by atoms with van der Waals surface area (Å²) in [5.74, 6) is -0.832. The highest BCUT2D eigenvalue weighted by Crippen LogP contribution is 2.22. The Bertz CT molecular complexity index is 674. The number of methoxy groups -OCH3 is 1. The van der Waals surface area contributed by atoms with Crippen LogP contribution in [0, 0.1) is 5.92 Å². The smallest absolute Gasteiger partial charge is 0.337 e. The molecule has 0 bridgehead atoms. The van der Waals surface area contributed by atoms with Crippen molar-refractivity contribution in [2.24, 2.45) is 5.92 Å². The molecule has 0 unspecified atom stereocenters. The number of hydrogen-bond donors (Lipinski definition) is 0. The molecule has 0 aliphatic carbocycles. The number of benzene rings is 1. The molecule has 126 valence electrons. The average Bonchev–Trinajstić information content (AvgIpc) is 2.54. The maximum absolute atomic E-state index is 12.1. The number of sulfonamides is 1. The van der Waals surface area contributed by atoms with E-state index in [4.69, 9.17) is 4.74 Å². The molecule has 8 heteroatoms. The summed E-state index contributed by atoms with van der Waals surface area (Å²) in [6, 6.07) is 6.08. The number of rotatable bonds is 4. The highest BCUT2D eigenvalue weighted by Gasteiger charge is 2.30. The molecule has 1 saturated heterocycles. The molecule has 0 amide bonds. The summed E-state index contributed by atoms with van der Waals surface area (Å²) < 4.78 is 34.1. The van der Waals surface area contributed by atoms with Crippen molar-refractivity contribution >= 4 is 22.0 Å². The summed E-state index contributed by atoms with van der Waals surface area (Å²) >= 11 is 0. The van der Waals surface area contributed by atoms with Crippen LogP contribution in [0.25, 0.3) is 0 Å². The van der Waals surface area contributed by atoms with E-state index in [1.807, 2.05) is 0 Å². The van der Waals surface area contributed by atoms with Gasteiger partial charge in [-0.3, -0.25) is 4.79 Å². The topological polar surface area (TPSA) is 90.0 Å². The third-order valence-corrected chi connectivity index (χ3v) is 5.05. The minimum atomic E-state index is -3.21. The van der Waals surface area contributed by atoms with Crippen molar-refractivity contribution in [1.29, 1.82) is 0 Å². The molecule has 0 aromatic heterocycles. The van der Waals surface area contributed by atoms with E-state index in [2.05, 4.69) is 4.74 Å². The van der Waals surface area contributed by atoms with Gasteiger partial charge in [-0.25, -0.2) is 17.5 Å². The van der Waals surface area contributed by atoms with Crippen molar-refractivity contribution in [3.05, 3.63) is 29.8 Å². The maximum atomic E-state index is 12.1. The molecule has 0 atom stereocenters. The van der Waals surface area contributed by atoms with Gasteiger partial charge in [-0.05, 0) is 37.1 Å². The van der Waals surface area contributed by atoms with E-state index in [1.54, 1.807) is 0 Å². The SMILES string of the molecule is COC(=O)c1ccc(OC(=O)C2CCN(S(C)(=O)=O)CC2)cc1. The molecular weight excluding hydrogens is 322 g/mol. The highest BCUT2D eigenvalue weighted by molar-refractivity contribution is 7.88. The zero-order chi connectivity index (χ0) is 17.0. The largest absolute Gasteiger partial charge is 0.465 e. The summed E-state index contributed by atoms with van der Waals surface area (Å²) in [6.07, 6.45) is 2.03. The highest BCUT2D eigenvalue weighted by atomic mass is 32.2. The van der Waals surface area contributed by atoms with Crippen LogP contribution in [0.4, 0.5) is 0 Å². The molecule has 1 heterocycles. The van der Waals surface area contributed by atoms with E-state index in [0.29, 0.717) is 37.2 Å². The Hall–Kier alpha value is -1.93. The fourth-order valence-corrected chi connectivity index (χ4v) is 3.27. The average molecular weight is 341 g/mol. The van der Waals surface area contributed by atoms with Crippen LogP contribution in [-0.4, -0.2) is 51.1 Å². The summed E-state index contributed by atoms with van der Waals surface area (Å²) in [5.41, 5.74) is 0.369. The first kappa shape index (κ1) is 17.4. The molecule has 0 spiro atoms. The second-order valence-electron chi connectivity index (χ2n) is 5.37. The van der Waals surface area contributed by atoms with Crippen molar-refractivity contribution in [3.63, 3.8) is 0 Å². The van der Waals surface area contributed by atoms with Crippen LogP contribution >= 0.6 is 0 Å². The standard InChI is InChI=1S/C15H19NO6S/c1-21-14(17)11-3-5-13(6-4-11)22-15(18)12-7-9-16(10-8-12)23(2,19)20/h3-6,12H,7-10H2,1-2H3. The fraction of sp³-hybridized carbons (Fsp3) is 0.467. The Morgan fingerprint density at radius 2 is 1.70 bits per heavy atom. The molecular formula is C15H19NO6S. The number of ether oxygens (including phenoxy) is 2. The van der Waals surface area contributed by atoms with E-state index in [0.717, 1.165) is 6.26 Å². The summed E-state index contributed by atoms with van der Waals surface area (Å²) in [4.78, 5) is 23.4. The molecule has 0 N–H and O–H groups in total. The van der Waals surface area contributed by atoms with Crippen molar-refractivity contribution < 1.29 is 27.5 Å². The number of carbonyl (C=O) groups is 2. The predicted octanol–water partition coefficient (Wildman–Crippen LogP) is 1.05. The molecule has 1 aromatic rings. The minimum absolute atomic E-state index is 0.319. The van der Waals surface area contributed by atoms with Gasteiger partial charge in [-0.15, -0.1) is 0 Å². The Kier molecular flexibility index (Phi) is 5.38. The Morgan fingerprint density at radius 1 is 1.13 bits per heavy atom. The van der Waals surface area contributed by atoms with Gasteiger partial charge in [-0.1, -0.05) is 0 Å². The lowest BCUT2D eigenvalue weighted by Gasteiger charge is -2.28. The summed E-state index contributed by atoms with van der Waals surface area (Å²) in [5, 5.41) is 0. The van der Waals surface area contributed by atoms with E-state index in [1.165, 1.54) is 35.7 Å². The molecule has 1 fully saturated rings. The van der Waals surface area contributed by atoms with Gasteiger partial charge in [0, 0.05) is 13.1 Å². The van der Waals surface area contributed by atoms with Crippen LogP contribution in [0.5, 0.6) is 5.75 Å². The number of hydrogen-bond acceptors (Lipinski definition) is 6. The molecule has 0 radical (unpaired) electrons. The third-order valence-electron chi connectivity index (χ3n) is 3.75. The normalized spacial score (nSPS) is 16.8. The molecule has 1 aliphatic rings. The molecule has 2 rings (SSSR count). The van der Waals surface area contributed by atoms with E-state index >= 15 is 0 Å². The van der Waals surface area contributed by atoms with Crippen LogP contribution in [-0.2, 0) is 19.6 Å². The lowest BCUT2D eigenvalue weighted by atomic mass is 9.98. The van der Waals surface area contributed by atoms with Crippen LogP contribution in [0.2, 0.25) is 0 Å². The maximum Gasteiger partial charge on any atom is 0.337 e. The lowest BCUT2D eigenvalue weighted by Crippen LogP contribution is -2.40. The quantitative estimate of drug-likeness (QED) is 0.601. The van der Waals surface area contributed by atoms with Gasteiger partial charge in [-0.2, -0.15) is 0 Å². The number of esters is 2. The first-order chi connectivity index (χ1) is 10.8. The Labute approximate surface area is 135 Å². The summed E-state index contributed by atoms with van der Waals surface area (Å²) in [7, 11) is -1.92. The summed E-state index contributed by atoms with van der Waals surface area (Å²) in [6.45, 7) is 0.639. The molecule has 1 aliphatic heterocycles. The van der Waals surface area contributed by atoms with Crippen LogP contribution in [0.3, 0.4) is 0 Å². The predicted molar refractivity (Wildman–Crippen MR) is 82.6 cm³/mol. The fourth-order valence-electron chi connectivity index (χ4n) is 2.40. The molecule has 7 nitrogen and oxygen atoms in total. The van der Waals surface area contributed by atoms with Crippen molar-refractivity contribution in [2.75, 3.05) is 26.5 Å².